The number of carbonyl (C=O) groups is 1. The first-order valence-corrected chi connectivity index (χ1v) is 8.53. The first-order valence-electron chi connectivity index (χ1n) is 8.53. The number of unbranched alkanes of at least 4 members (excludes halogenated alkanes) is 5. The second kappa shape index (κ2) is 9.41. The van der Waals surface area contributed by atoms with Crippen molar-refractivity contribution in [3.05, 3.63) is 0 Å². The molecule has 0 unspecified atom stereocenters. The van der Waals surface area contributed by atoms with Crippen LogP contribution in [0.3, 0.4) is 0 Å². The van der Waals surface area contributed by atoms with Gasteiger partial charge >= 0.3 is 0 Å². The van der Waals surface area contributed by atoms with Gasteiger partial charge in [0.15, 0.2) is 0 Å². The number of nitrogens with one attached hydrogen (secondary N) is 1. The number of hydrogen-bond donors (Lipinski definition) is 1. The maximum Gasteiger partial charge on any atom is 0.225 e. The molecule has 1 N–H and O–H groups in total. The summed E-state index contributed by atoms with van der Waals surface area (Å²) in [5.74, 6) is 0.215. The van der Waals surface area contributed by atoms with Crippen LogP contribution in [0.2, 0.25) is 0 Å². The topological polar surface area (TPSA) is 29.1 Å². The second-order valence-corrected chi connectivity index (χ2v) is 7.60. The van der Waals surface area contributed by atoms with Crippen molar-refractivity contribution in [3.8, 4) is 0 Å². The number of hydrogen-bond acceptors (Lipinski definition) is 1. The zero-order valence-electron chi connectivity index (χ0n) is 14.8. The van der Waals surface area contributed by atoms with Crippen LogP contribution < -0.4 is 5.32 Å². The molecule has 1 amide bonds. The average molecular weight is 284 g/mol. The van der Waals surface area contributed by atoms with Crippen LogP contribution in [0.1, 0.15) is 92.9 Å². The van der Waals surface area contributed by atoms with Gasteiger partial charge in [-0.1, -0.05) is 80.1 Å². The molecule has 20 heavy (non-hydrogen) atoms. The molecule has 2 nitrogen and oxygen atoms in total. The molecular formula is C18H37NO. The van der Waals surface area contributed by atoms with Gasteiger partial charge in [-0.15, -0.1) is 0 Å². The largest absolute Gasteiger partial charge is 0.356 e. The van der Waals surface area contributed by atoms with E-state index in [4.69, 9.17) is 0 Å². The van der Waals surface area contributed by atoms with Crippen LogP contribution in [0.5, 0.6) is 0 Å². The third-order valence-corrected chi connectivity index (χ3v) is 4.31. The third kappa shape index (κ3) is 8.60. The summed E-state index contributed by atoms with van der Waals surface area (Å²) in [5, 5.41) is 3.12. The van der Waals surface area contributed by atoms with Crippen molar-refractivity contribution in [2.45, 2.75) is 92.9 Å². The molecule has 0 fully saturated rings. The highest BCUT2D eigenvalue weighted by atomic mass is 16.2. The van der Waals surface area contributed by atoms with Gasteiger partial charge in [-0.3, -0.25) is 4.79 Å². The van der Waals surface area contributed by atoms with Crippen LogP contribution in [0.25, 0.3) is 0 Å². The summed E-state index contributed by atoms with van der Waals surface area (Å²) < 4.78 is 0. The Morgan fingerprint density at radius 1 is 0.900 bits per heavy atom. The molecule has 0 aromatic rings. The summed E-state index contributed by atoms with van der Waals surface area (Å²) in [6.07, 6.45) is 9.67. The van der Waals surface area contributed by atoms with Crippen molar-refractivity contribution in [3.63, 3.8) is 0 Å². The third-order valence-electron chi connectivity index (χ3n) is 4.31. The highest BCUT2D eigenvalue weighted by molar-refractivity contribution is 5.81. The molecule has 0 spiro atoms. The molecule has 0 aliphatic heterocycles. The molecule has 0 bridgehead atoms. The Morgan fingerprint density at radius 2 is 1.45 bits per heavy atom. The highest BCUT2D eigenvalue weighted by Crippen LogP contribution is 2.36. The molecule has 0 saturated carbocycles. The Morgan fingerprint density at radius 3 is 2.00 bits per heavy atom. The lowest BCUT2D eigenvalue weighted by atomic mass is 9.73. The van der Waals surface area contributed by atoms with Crippen molar-refractivity contribution < 1.29 is 4.79 Å². The van der Waals surface area contributed by atoms with Crippen LogP contribution in [-0.4, -0.2) is 12.5 Å². The molecule has 120 valence electrons. The van der Waals surface area contributed by atoms with E-state index < -0.39 is 0 Å². The predicted octanol–water partition coefficient (Wildman–Crippen LogP) is 5.32. The SMILES string of the molecule is CCCCCCCCNC(=O)C(C)(C)CC(C)(C)CC. The molecule has 0 rings (SSSR count). The van der Waals surface area contributed by atoms with Gasteiger partial charge in [-0.2, -0.15) is 0 Å². The average Bonchev–Trinajstić information content (AvgIpc) is 2.36. The lowest BCUT2D eigenvalue weighted by Gasteiger charge is -2.33. The Balaban J connectivity index is 3.90. The fourth-order valence-electron chi connectivity index (χ4n) is 2.75. The highest BCUT2D eigenvalue weighted by Gasteiger charge is 2.33. The molecule has 2 heteroatoms. The van der Waals surface area contributed by atoms with E-state index in [-0.39, 0.29) is 16.7 Å². The van der Waals surface area contributed by atoms with E-state index in [1.807, 2.05) is 0 Å². The van der Waals surface area contributed by atoms with E-state index in [9.17, 15) is 4.79 Å². The standard InChI is InChI=1S/C18H37NO/c1-7-9-10-11-12-13-14-19-16(20)18(5,6)15-17(3,4)8-2/h7-15H2,1-6H3,(H,19,20). The molecule has 0 aliphatic carbocycles. The maximum absolute atomic E-state index is 12.3. The predicted molar refractivity (Wildman–Crippen MR) is 88.9 cm³/mol. The molecular weight excluding hydrogens is 246 g/mol. The molecule has 0 radical (unpaired) electrons. The normalized spacial score (nSPS) is 12.5. The Hall–Kier alpha value is -0.530. The smallest absolute Gasteiger partial charge is 0.225 e. The number of carbonyl (C=O) groups excluding carboxylic acids is 1. The van der Waals surface area contributed by atoms with Crippen LogP contribution in [0, 0.1) is 10.8 Å². The molecule has 0 aromatic heterocycles. The van der Waals surface area contributed by atoms with Crippen LogP contribution in [0.4, 0.5) is 0 Å². The minimum absolute atomic E-state index is 0.215. The van der Waals surface area contributed by atoms with Gasteiger partial charge in [-0.25, -0.2) is 0 Å². The number of amides is 1. The van der Waals surface area contributed by atoms with Crippen LogP contribution in [-0.2, 0) is 4.79 Å². The van der Waals surface area contributed by atoms with Gasteiger partial charge in [0, 0.05) is 12.0 Å². The number of rotatable bonds is 11. The van der Waals surface area contributed by atoms with Gasteiger partial charge in [0.05, 0.1) is 0 Å². The van der Waals surface area contributed by atoms with Gasteiger partial charge in [0.25, 0.3) is 0 Å². The van der Waals surface area contributed by atoms with Crippen LogP contribution >= 0.6 is 0 Å². The lowest BCUT2D eigenvalue weighted by molar-refractivity contribution is -0.131. The fraction of sp³-hybridized carbons (Fsp3) is 0.944. The molecule has 0 heterocycles. The molecule has 0 atom stereocenters. The van der Waals surface area contributed by atoms with E-state index >= 15 is 0 Å². The minimum Gasteiger partial charge on any atom is -0.356 e. The van der Waals surface area contributed by atoms with Gasteiger partial charge < -0.3 is 5.32 Å². The maximum atomic E-state index is 12.3. The molecule has 0 aromatic carbocycles. The minimum atomic E-state index is -0.262. The summed E-state index contributed by atoms with van der Waals surface area (Å²) in [4.78, 5) is 12.3. The van der Waals surface area contributed by atoms with E-state index in [1.165, 1.54) is 32.1 Å². The Labute approximate surface area is 127 Å². The van der Waals surface area contributed by atoms with Gasteiger partial charge in [0.1, 0.15) is 0 Å². The van der Waals surface area contributed by atoms with Crippen molar-refractivity contribution in [2.24, 2.45) is 10.8 Å². The van der Waals surface area contributed by atoms with Gasteiger partial charge in [-0.05, 0) is 18.3 Å². The summed E-state index contributed by atoms with van der Waals surface area (Å²) in [6.45, 7) is 13.9. The summed E-state index contributed by atoms with van der Waals surface area (Å²) in [6, 6.07) is 0. The molecule has 0 saturated heterocycles. The summed E-state index contributed by atoms with van der Waals surface area (Å²) >= 11 is 0. The molecule has 0 aliphatic rings. The van der Waals surface area contributed by atoms with Crippen molar-refractivity contribution in [1.82, 2.24) is 5.32 Å². The summed E-state index contributed by atoms with van der Waals surface area (Å²) in [7, 11) is 0. The quantitative estimate of drug-likeness (QED) is 0.511. The zero-order valence-corrected chi connectivity index (χ0v) is 14.8. The first-order chi connectivity index (χ1) is 9.25. The van der Waals surface area contributed by atoms with Crippen molar-refractivity contribution in [2.75, 3.05) is 6.54 Å². The monoisotopic (exact) mass is 283 g/mol. The zero-order chi connectivity index (χ0) is 15.6. The first kappa shape index (κ1) is 19.5. The summed E-state index contributed by atoms with van der Waals surface area (Å²) in [5.41, 5.74) is -0.0251. The Bertz CT molecular complexity index is 269. The van der Waals surface area contributed by atoms with Gasteiger partial charge in [0.2, 0.25) is 5.91 Å². The van der Waals surface area contributed by atoms with Crippen LogP contribution in [0.15, 0.2) is 0 Å². The lowest BCUT2D eigenvalue weighted by Crippen LogP contribution is -2.40. The second-order valence-electron chi connectivity index (χ2n) is 7.60. The Kier molecular flexibility index (Phi) is 9.16. The van der Waals surface area contributed by atoms with E-state index in [2.05, 4.69) is 46.9 Å². The van der Waals surface area contributed by atoms with E-state index in [0.717, 1.165) is 25.8 Å². The van der Waals surface area contributed by atoms with Crippen molar-refractivity contribution in [1.29, 1.82) is 0 Å². The van der Waals surface area contributed by atoms with E-state index in [0.29, 0.717) is 0 Å². The van der Waals surface area contributed by atoms with Crippen molar-refractivity contribution >= 4 is 5.91 Å². The fourth-order valence-corrected chi connectivity index (χ4v) is 2.75. The van der Waals surface area contributed by atoms with E-state index in [1.54, 1.807) is 0 Å².